The molecule has 0 unspecified atom stereocenters. The monoisotopic (exact) mass is 318 g/mol. The number of aryl methyl sites for hydroxylation is 2. The molecule has 1 aliphatic rings. The van der Waals surface area contributed by atoms with Crippen LogP contribution in [0.2, 0.25) is 0 Å². The molecule has 124 valence electrons. The van der Waals surface area contributed by atoms with Crippen LogP contribution in [0.5, 0.6) is 0 Å². The molecule has 0 bridgehead atoms. The number of amides is 2. The summed E-state index contributed by atoms with van der Waals surface area (Å²) in [6.45, 7) is 8.83. The molecule has 8 nitrogen and oxygen atoms in total. The van der Waals surface area contributed by atoms with E-state index in [-0.39, 0.29) is 11.6 Å². The molecule has 23 heavy (non-hydrogen) atoms. The van der Waals surface area contributed by atoms with Crippen molar-refractivity contribution in [2.45, 2.75) is 46.2 Å². The number of rotatable bonds is 1. The normalized spacial score (nSPS) is 14.7. The van der Waals surface area contributed by atoms with E-state index in [2.05, 4.69) is 20.6 Å². The third-order valence-electron chi connectivity index (χ3n) is 3.74. The molecule has 0 saturated heterocycles. The van der Waals surface area contributed by atoms with Crippen LogP contribution in [0.3, 0.4) is 0 Å². The van der Waals surface area contributed by atoms with E-state index in [9.17, 15) is 4.79 Å². The Hall–Kier alpha value is -2.38. The first kappa shape index (κ1) is 15.5. The molecule has 1 N–H and O–H groups in total. The van der Waals surface area contributed by atoms with Gasteiger partial charge in [0.05, 0.1) is 6.54 Å². The zero-order valence-electron chi connectivity index (χ0n) is 14.2. The number of hydrogen-bond acceptors (Lipinski definition) is 5. The number of hydrogen-bond donors (Lipinski definition) is 1. The molecular weight excluding hydrogens is 296 g/mol. The van der Waals surface area contributed by atoms with E-state index < -0.39 is 0 Å². The number of aromatic nitrogens is 4. The fourth-order valence-corrected chi connectivity index (χ4v) is 2.73. The van der Waals surface area contributed by atoms with E-state index in [1.54, 1.807) is 11.8 Å². The summed E-state index contributed by atoms with van der Waals surface area (Å²) in [5.74, 6) is 0.968. The predicted molar refractivity (Wildman–Crippen MR) is 83.6 cm³/mol. The minimum atomic E-state index is -0.265. The third-order valence-corrected chi connectivity index (χ3v) is 3.74. The van der Waals surface area contributed by atoms with E-state index in [0.29, 0.717) is 30.5 Å². The average Bonchev–Trinajstić information content (AvgIpc) is 3.01. The molecule has 0 fully saturated rings. The van der Waals surface area contributed by atoms with E-state index in [0.717, 1.165) is 17.7 Å². The fourth-order valence-electron chi connectivity index (χ4n) is 2.73. The molecule has 0 aromatic carbocycles. The molecule has 0 spiro atoms. The molecule has 8 heteroatoms. The van der Waals surface area contributed by atoms with Crippen molar-refractivity contribution in [3.05, 3.63) is 17.1 Å². The molecule has 0 atom stereocenters. The van der Waals surface area contributed by atoms with Crippen molar-refractivity contribution in [2.24, 2.45) is 7.05 Å². The number of fused-ring (bicyclic) bond motifs is 1. The second kappa shape index (κ2) is 5.36. The topological polar surface area (TPSA) is 89.1 Å². The van der Waals surface area contributed by atoms with Crippen LogP contribution < -0.4 is 5.32 Å². The van der Waals surface area contributed by atoms with Crippen LogP contribution in [0, 0.1) is 6.92 Å². The minimum Gasteiger partial charge on any atom is -0.333 e. The van der Waals surface area contributed by atoms with Crippen molar-refractivity contribution < 1.29 is 9.32 Å². The Morgan fingerprint density at radius 3 is 2.70 bits per heavy atom. The quantitative estimate of drug-likeness (QED) is 0.863. The molecular formula is C15H22N6O2. The van der Waals surface area contributed by atoms with Crippen molar-refractivity contribution in [3.63, 3.8) is 0 Å². The van der Waals surface area contributed by atoms with Gasteiger partial charge in [-0.05, 0) is 27.7 Å². The predicted octanol–water partition coefficient (Wildman–Crippen LogP) is 1.64. The van der Waals surface area contributed by atoms with Gasteiger partial charge in [-0.2, -0.15) is 10.1 Å². The van der Waals surface area contributed by atoms with Gasteiger partial charge in [-0.1, -0.05) is 5.16 Å². The Morgan fingerprint density at radius 2 is 2.09 bits per heavy atom. The zero-order valence-corrected chi connectivity index (χ0v) is 14.2. The summed E-state index contributed by atoms with van der Waals surface area (Å²) in [6.07, 6.45) is 0.753. The van der Waals surface area contributed by atoms with Gasteiger partial charge < -0.3 is 14.7 Å². The number of nitrogens with one attached hydrogen (secondary N) is 1. The number of nitrogens with zero attached hydrogens (tertiary/aromatic N) is 5. The van der Waals surface area contributed by atoms with Gasteiger partial charge in [0.1, 0.15) is 0 Å². The number of carbonyl (C=O) groups is 1. The first-order chi connectivity index (χ1) is 10.7. The zero-order chi connectivity index (χ0) is 16.8. The fraction of sp³-hybridized carbons (Fsp3) is 0.600. The smallest absolute Gasteiger partial charge is 0.318 e. The first-order valence-corrected chi connectivity index (χ1v) is 7.67. The van der Waals surface area contributed by atoms with Crippen molar-refractivity contribution >= 4 is 6.03 Å². The van der Waals surface area contributed by atoms with Gasteiger partial charge in [0.2, 0.25) is 0 Å². The summed E-state index contributed by atoms with van der Waals surface area (Å²) in [4.78, 5) is 18.5. The van der Waals surface area contributed by atoms with Gasteiger partial charge in [-0.25, -0.2) is 4.79 Å². The van der Waals surface area contributed by atoms with Crippen LogP contribution in [0.4, 0.5) is 4.79 Å². The largest absolute Gasteiger partial charge is 0.333 e. The Labute approximate surface area is 134 Å². The van der Waals surface area contributed by atoms with Crippen molar-refractivity contribution in [2.75, 3.05) is 6.54 Å². The van der Waals surface area contributed by atoms with E-state index in [4.69, 9.17) is 4.52 Å². The molecule has 2 aromatic heterocycles. The lowest BCUT2D eigenvalue weighted by Crippen LogP contribution is -2.49. The Bertz CT molecular complexity index is 740. The second-order valence-electron chi connectivity index (χ2n) is 6.90. The Balaban J connectivity index is 1.89. The van der Waals surface area contributed by atoms with E-state index >= 15 is 0 Å². The number of urea groups is 1. The highest BCUT2D eigenvalue weighted by Crippen LogP contribution is 2.28. The molecule has 3 heterocycles. The molecule has 0 radical (unpaired) electrons. The van der Waals surface area contributed by atoms with Crippen LogP contribution in [0.1, 0.15) is 37.9 Å². The SMILES string of the molecule is Cc1noc(-c2nn(C)c3c2CN(C(=O)NC(C)(C)C)CC3)n1. The highest BCUT2D eigenvalue weighted by molar-refractivity contribution is 5.75. The summed E-state index contributed by atoms with van der Waals surface area (Å²) >= 11 is 0. The summed E-state index contributed by atoms with van der Waals surface area (Å²) in [5.41, 5.74) is 2.48. The summed E-state index contributed by atoms with van der Waals surface area (Å²) in [6, 6.07) is -0.0698. The molecule has 1 aliphatic heterocycles. The maximum atomic E-state index is 12.4. The maximum absolute atomic E-state index is 12.4. The third kappa shape index (κ3) is 3.06. The average molecular weight is 318 g/mol. The minimum absolute atomic E-state index is 0.0698. The molecule has 0 saturated carbocycles. The van der Waals surface area contributed by atoms with E-state index in [1.807, 2.05) is 32.5 Å². The van der Waals surface area contributed by atoms with Gasteiger partial charge in [-0.3, -0.25) is 4.68 Å². The molecule has 0 aliphatic carbocycles. The van der Waals surface area contributed by atoms with Gasteiger partial charge in [0, 0.05) is 36.8 Å². The van der Waals surface area contributed by atoms with Crippen LogP contribution in [-0.4, -0.2) is 42.9 Å². The van der Waals surface area contributed by atoms with Crippen LogP contribution in [0.25, 0.3) is 11.6 Å². The lowest BCUT2D eigenvalue weighted by Gasteiger charge is -2.31. The molecule has 3 rings (SSSR count). The van der Waals surface area contributed by atoms with Gasteiger partial charge in [-0.15, -0.1) is 0 Å². The van der Waals surface area contributed by atoms with E-state index in [1.165, 1.54) is 0 Å². The summed E-state index contributed by atoms with van der Waals surface area (Å²) in [5, 5.41) is 11.3. The van der Waals surface area contributed by atoms with Gasteiger partial charge >= 0.3 is 6.03 Å². The second-order valence-corrected chi connectivity index (χ2v) is 6.90. The standard InChI is InChI=1S/C15H22N6O2/c1-9-16-13(23-19-9)12-10-8-21(14(22)17-15(2,3)4)7-6-11(10)20(5)18-12/h6-8H2,1-5H3,(H,17,22). The lowest BCUT2D eigenvalue weighted by atomic mass is 10.0. The van der Waals surface area contributed by atoms with Crippen LogP contribution in [-0.2, 0) is 20.0 Å². The van der Waals surface area contributed by atoms with Gasteiger partial charge in [0.25, 0.3) is 5.89 Å². The van der Waals surface area contributed by atoms with Gasteiger partial charge in [0.15, 0.2) is 11.5 Å². The molecule has 2 amide bonds. The van der Waals surface area contributed by atoms with Crippen molar-refractivity contribution in [3.8, 4) is 11.6 Å². The maximum Gasteiger partial charge on any atom is 0.318 e. The van der Waals surface area contributed by atoms with Crippen molar-refractivity contribution in [1.29, 1.82) is 0 Å². The summed E-state index contributed by atoms with van der Waals surface area (Å²) < 4.78 is 7.09. The summed E-state index contributed by atoms with van der Waals surface area (Å²) in [7, 11) is 1.90. The Morgan fingerprint density at radius 1 is 1.35 bits per heavy atom. The Kier molecular flexibility index (Phi) is 3.62. The number of carbonyl (C=O) groups excluding carboxylic acids is 1. The van der Waals surface area contributed by atoms with Crippen molar-refractivity contribution in [1.82, 2.24) is 30.1 Å². The van der Waals surface area contributed by atoms with Crippen LogP contribution >= 0.6 is 0 Å². The first-order valence-electron chi connectivity index (χ1n) is 7.67. The molecule has 2 aromatic rings. The highest BCUT2D eigenvalue weighted by atomic mass is 16.5. The highest BCUT2D eigenvalue weighted by Gasteiger charge is 2.30. The van der Waals surface area contributed by atoms with Crippen LogP contribution in [0.15, 0.2) is 4.52 Å². The lowest BCUT2D eigenvalue weighted by molar-refractivity contribution is 0.183.